The molecule has 0 amide bonds. The number of nitrogens with zero attached hydrogens (tertiary/aromatic N) is 1. The molecule has 0 unspecified atom stereocenters. The van der Waals surface area contributed by atoms with Crippen LogP contribution in [0.5, 0.6) is 5.75 Å². The molecule has 0 radical (unpaired) electrons. The van der Waals surface area contributed by atoms with Crippen LogP contribution in [0.25, 0.3) is 6.08 Å². The molecule has 3 aromatic carbocycles. The Hall–Kier alpha value is -3.66. The summed E-state index contributed by atoms with van der Waals surface area (Å²) in [6.45, 7) is 4.59. The molecule has 4 rings (SSSR count). The molecule has 0 aromatic heterocycles. The standard InChI is InChI=1S/C25H21NO3/c1-17-7-11-20(12-8-17)24-26-23(25(27)29-24)15-19-9-13-22(14-10-19)28-16-21-6-4-3-5-18(21)2/h3-15H,16H2,1-2H3/b23-15-. The Morgan fingerprint density at radius 2 is 1.66 bits per heavy atom. The van der Waals surface area contributed by atoms with E-state index in [0.29, 0.717) is 12.5 Å². The third-order valence-electron chi connectivity index (χ3n) is 4.76. The van der Waals surface area contributed by atoms with Gasteiger partial charge in [-0.3, -0.25) is 0 Å². The molecule has 3 aromatic rings. The zero-order chi connectivity index (χ0) is 20.2. The van der Waals surface area contributed by atoms with Crippen LogP contribution < -0.4 is 4.74 Å². The molecule has 0 saturated carbocycles. The van der Waals surface area contributed by atoms with Crippen LogP contribution in [0.3, 0.4) is 0 Å². The quantitative estimate of drug-likeness (QED) is 0.448. The third kappa shape index (κ3) is 4.43. The van der Waals surface area contributed by atoms with Gasteiger partial charge in [-0.2, -0.15) is 0 Å². The van der Waals surface area contributed by atoms with Gasteiger partial charge in [0.05, 0.1) is 0 Å². The van der Waals surface area contributed by atoms with Gasteiger partial charge in [0.2, 0.25) is 5.90 Å². The second-order valence-electron chi connectivity index (χ2n) is 6.99. The second kappa shape index (κ2) is 8.15. The summed E-state index contributed by atoms with van der Waals surface area (Å²) in [5, 5.41) is 0. The van der Waals surface area contributed by atoms with Crippen molar-refractivity contribution in [1.29, 1.82) is 0 Å². The molecule has 0 bridgehead atoms. The predicted octanol–water partition coefficient (Wildman–Crippen LogP) is 5.23. The number of carbonyl (C=O) groups excluding carboxylic acids is 1. The van der Waals surface area contributed by atoms with E-state index in [1.165, 1.54) is 5.56 Å². The van der Waals surface area contributed by atoms with Crippen LogP contribution in [0.4, 0.5) is 0 Å². The van der Waals surface area contributed by atoms with Crippen LogP contribution in [0, 0.1) is 13.8 Å². The molecule has 144 valence electrons. The Labute approximate surface area is 170 Å². The third-order valence-corrected chi connectivity index (χ3v) is 4.76. The highest BCUT2D eigenvalue weighted by molar-refractivity contribution is 6.12. The molecule has 0 N–H and O–H groups in total. The predicted molar refractivity (Wildman–Crippen MR) is 114 cm³/mol. The van der Waals surface area contributed by atoms with Gasteiger partial charge in [-0.1, -0.05) is 54.1 Å². The molecule has 0 aliphatic carbocycles. The molecule has 1 aliphatic rings. The summed E-state index contributed by atoms with van der Waals surface area (Å²) in [6.07, 6.45) is 1.72. The average Bonchev–Trinajstić information content (AvgIpc) is 3.09. The van der Waals surface area contributed by atoms with Crippen molar-refractivity contribution < 1.29 is 14.3 Å². The molecular formula is C25H21NO3. The Kier molecular flexibility index (Phi) is 5.25. The van der Waals surface area contributed by atoms with Crippen molar-refractivity contribution >= 4 is 17.9 Å². The summed E-state index contributed by atoms with van der Waals surface area (Å²) < 4.78 is 11.2. The molecule has 1 heterocycles. The molecule has 0 fully saturated rings. The number of carbonyl (C=O) groups is 1. The normalized spacial score (nSPS) is 14.6. The summed E-state index contributed by atoms with van der Waals surface area (Å²) in [5.74, 6) is 0.660. The van der Waals surface area contributed by atoms with Crippen molar-refractivity contribution in [2.75, 3.05) is 0 Å². The number of esters is 1. The number of hydrogen-bond acceptors (Lipinski definition) is 4. The van der Waals surface area contributed by atoms with E-state index in [2.05, 4.69) is 24.0 Å². The van der Waals surface area contributed by atoms with E-state index in [0.717, 1.165) is 28.0 Å². The fourth-order valence-corrected chi connectivity index (χ4v) is 2.98. The van der Waals surface area contributed by atoms with Crippen LogP contribution in [-0.4, -0.2) is 11.9 Å². The molecule has 0 saturated heterocycles. The van der Waals surface area contributed by atoms with E-state index in [-0.39, 0.29) is 5.70 Å². The molecule has 4 heteroatoms. The first-order chi connectivity index (χ1) is 14.1. The van der Waals surface area contributed by atoms with Crippen molar-refractivity contribution in [2.24, 2.45) is 4.99 Å². The van der Waals surface area contributed by atoms with E-state index in [9.17, 15) is 4.79 Å². The fraction of sp³-hybridized carbons (Fsp3) is 0.120. The van der Waals surface area contributed by atoms with Gasteiger partial charge in [0, 0.05) is 5.56 Å². The van der Waals surface area contributed by atoms with E-state index in [1.54, 1.807) is 6.08 Å². The fourth-order valence-electron chi connectivity index (χ4n) is 2.98. The maximum Gasteiger partial charge on any atom is 0.363 e. The van der Waals surface area contributed by atoms with Gasteiger partial charge in [-0.05, 0) is 60.9 Å². The SMILES string of the molecule is Cc1ccc(C2=N/C(=C\c3ccc(OCc4ccccc4C)cc3)C(=O)O2)cc1. The van der Waals surface area contributed by atoms with Crippen molar-refractivity contribution in [3.63, 3.8) is 0 Å². The Bertz CT molecular complexity index is 1090. The Morgan fingerprint density at radius 3 is 2.38 bits per heavy atom. The summed E-state index contributed by atoms with van der Waals surface area (Å²) in [6, 6.07) is 23.4. The van der Waals surface area contributed by atoms with Crippen LogP contribution in [-0.2, 0) is 16.1 Å². The summed E-state index contributed by atoms with van der Waals surface area (Å²) in [7, 11) is 0. The summed E-state index contributed by atoms with van der Waals surface area (Å²) in [5.41, 5.74) is 5.43. The lowest BCUT2D eigenvalue weighted by molar-refractivity contribution is -0.129. The van der Waals surface area contributed by atoms with Gasteiger partial charge >= 0.3 is 5.97 Å². The number of aryl methyl sites for hydroxylation is 2. The van der Waals surface area contributed by atoms with Crippen molar-refractivity contribution in [1.82, 2.24) is 0 Å². The zero-order valence-corrected chi connectivity index (χ0v) is 16.4. The highest BCUT2D eigenvalue weighted by Gasteiger charge is 2.23. The van der Waals surface area contributed by atoms with E-state index in [1.807, 2.05) is 67.6 Å². The van der Waals surface area contributed by atoms with Gasteiger partial charge in [0.25, 0.3) is 0 Å². The minimum atomic E-state index is -0.444. The van der Waals surface area contributed by atoms with Crippen molar-refractivity contribution in [3.8, 4) is 5.75 Å². The molecule has 0 atom stereocenters. The van der Waals surface area contributed by atoms with E-state index in [4.69, 9.17) is 9.47 Å². The average molecular weight is 383 g/mol. The van der Waals surface area contributed by atoms with Gasteiger partial charge in [-0.25, -0.2) is 9.79 Å². The number of ether oxygens (including phenoxy) is 2. The van der Waals surface area contributed by atoms with Crippen LogP contribution >= 0.6 is 0 Å². The number of rotatable bonds is 5. The molecular weight excluding hydrogens is 362 g/mol. The maximum atomic E-state index is 12.2. The van der Waals surface area contributed by atoms with E-state index < -0.39 is 5.97 Å². The zero-order valence-electron chi connectivity index (χ0n) is 16.4. The molecule has 4 nitrogen and oxygen atoms in total. The first-order valence-electron chi connectivity index (χ1n) is 9.45. The van der Waals surface area contributed by atoms with Crippen LogP contribution in [0.2, 0.25) is 0 Å². The molecule has 1 aliphatic heterocycles. The second-order valence-corrected chi connectivity index (χ2v) is 6.99. The summed E-state index contributed by atoms with van der Waals surface area (Å²) >= 11 is 0. The highest BCUT2D eigenvalue weighted by atomic mass is 16.6. The number of cyclic esters (lactones) is 1. The van der Waals surface area contributed by atoms with Crippen LogP contribution in [0.1, 0.15) is 27.8 Å². The van der Waals surface area contributed by atoms with E-state index >= 15 is 0 Å². The lowest BCUT2D eigenvalue weighted by Crippen LogP contribution is -2.05. The number of aliphatic imine (C=N–C) groups is 1. The monoisotopic (exact) mass is 383 g/mol. The minimum absolute atomic E-state index is 0.286. The van der Waals surface area contributed by atoms with Gasteiger partial charge in [0.1, 0.15) is 12.4 Å². The first kappa shape index (κ1) is 18.7. The highest BCUT2D eigenvalue weighted by Crippen LogP contribution is 2.21. The maximum absolute atomic E-state index is 12.2. The molecule has 0 spiro atoms. The van der Waals surface area contributed by atoms with Gasteiger partial charge in [0.15, 0.2) is 5.70 Å². The number of hydrogen-bond donors (Lipinski definition) is 0. The topological polar surface area (TPSA) is 47.9 Å². The first-order valence-corrected chi connectivity index (χ1v) is 9.45. The Balaban J connectivity index is 1.46. The lowest BCUT2D eigenvalue weighted by atomic mass is 10.1. The van der Waals surface area contributed by atoms with Gasteiger partial charge < -0.3 is 9.47 Å². The van der Waals surface area contributed by atoms with Gasteiger partial charge in [-0.15, -0.1) is 0 Å². The Morgan fingerprint density at radius 1 is 0.931 bits per heavy atom. The lowest BCUT2D eigenvalue weighted by Gasteiger charge is -2.08. The molecule has 29 heavy (non-hydrogen) atoms. The van der Waals surface area contributed by atoms with Crippen molar-refractivity contribution in [2.45, 2.75) is 20.5 Å². The van der Waals surface area contributed by atoms with Crippen LogP contribution in [0.15, 0.2) is 83.5 Å². The van der Waals surface area contributed by atoms with Crippen molar-refractivity contribution in [3.05, 3.63) is 106 Å². The minimum Gasteiger partial charge on any atom is -0.489 e. The largest absolute Gasteiger partial charge is 0.489 e. The number of benzene rings is 3. The smallest absolute Gasteiger partial charge is 0.363 e. The summed E-state index contributed by atoms with van der Waals surface area (Å²) in [4.78, 5) is 16.5.